The second kappa shape index (κ2) is 4.76. The number of rotatable bonds is 2. The number of amides is 1. The molecule has 0 aliphatic carbocycles. The summed E-state index contributed by atoms with van der Waals surface area (Å²) in [4.78, 5) is 11.7. The van der Waals surface area contributed by atoms with Crippen LogP contribution in [0.2, 0.25) is 0 Å². The monoisotopic (exact) mass is 290 g/mol. The van der Waals surface area contributed by atoms with E-state index in [4.69, 9.17) is 5.73 Å². The molecule has 104 valence electrons. The van der Waals surface area contributed by atoms with E-state index >= 15 is 0 Å². The van der Waals surface area contributed by atoms with Gasteiger partial charge in [0.05, 0.1) is 11.5 Å². The van der Waals surface area contributed by atoms with Gasteiger partial charge in [0.2, 0.25) is 0 Å². The van der Waals surface area contributed by atoms with Gasteiger partial charge in [0.15, 0.2) is 9.84 Å². The maximum absolute atomic E-state index is 13.2. The first kappa shape index (κ1) is 13.7. The van der Waals surface area contributed by atoms with E-state index in [1.807, 2.05) is 0 Å². The van der Waals surface area contributed by atoms with Crippen molar-refractivity contribution in [2.45, 2.75) is 12.5 Å². The number of nitrogens with two attached hydrogens (primary N) is 1. The Hall–Kier alpha value is -1.70. The van der Waals surface area contributed by atoms with Gasteiger partial charge in [-0.1, -0.05) is 0 Å². The SMILES string of the molecule is Nc1c(F)cc(C(=O)NC2CCS(=O)(=O)C2)cc1F. The molecule has 8 heteroatoms. The molecule has 19 heavy (non-hydrogen) atoms. The number of carbonyl (C=O) groups is 1. The first-order chi connectivity index (χ1) is 8.78. The van der Waals surface area contributed by atoms with Crippen LogP contribution in [0.3, 0.4) is 0 Å². The summed E-state index contributed by atoms with van der Waals surface area (Å²) in [5.41, 5.74) is 4.21. The molecule has 5 nitrogen and oxygen atoms in total. The second-order valence-corrected chi connectivity index (χ2v) is 6.66. The van der Waals surface area contributed by atoms with Gasteiger partial charge in [-0.15, -0.1) is 0 Å². The van der Waals surface area contributed by atoms with Crippen LogP contribution in [-0.2, 0) is 9.84 Å². The van der Waals surface area contributed by atoms with Gasteiger partial charge in [0.1, 0.15) is 17.3 Å². The zero-order valence-corrected chi connectivity index (χ0v) is 10.6. The van der Waals surface area contributed by atoms with Crippen LogP contribution in [0.15, 0.2) is 12.1 Å². The van der Waals surface area contributed by atoms with E-state index in [-0.39, 0.29) is 17.1 Å². The fourth-order valence-electron chi connectivity index (χ4n) is 1.89. The third kappa shape index (κ3) is 3.01. The molecular weight excluding hydrogens is 278 g/mol. The highest BCUT2D eigenvalue weighted by atomic mass is 32.2. The Bertz CT molecular complexity index is 608. The average Bonchev–Trinajstić information content (AvgIpc) is 2.64. The highest BCUT2D eigenvalue weighted by Crippen LogP contribution is 2.18. The summed E-state index contributed by atoms with van der Waals surface area (Å²) in [7, 11) is -3.13. The summed E-state index contributed by atoms with van der Waals surface area (Å²) in [6.45, 7) is 0. The number of hydrogen-bond acceptors (Lipinski definition) is 4. The predicted molar refractivity (Wildman–Crippen MR) is 65.3 cm³/mol. The minimum atomic E-state index is -3.13. The number of carbonyl (C=O) groups excluding carboxylic acids is 1. The number of nitrogen functional groups attached to an aromatic ring is 1. The molecule has 1 unspecified atom stereocenters. The van der Waals surface area contributed by atoms with Gasteiger partial charge in [-0.2, -0.15) is 0 Å². The van der Waals surface area contributed by atoms with Crippen LogP contribution in [-0.4, -0.2) is 31.9 Å². The molecule has 1 atom stereocenters. The lowest BCUT2D eigenvalue weighted by Gasteiger charge is -2.11. The fourth-order valence-corrected chi connectivity index (χ4v) is 3.57. The molecule has 1 aromatic carbocycles. The van der Waals surface area contributed by atoms with E-state index in [1.165, 1.54) is 0 Å². The summed E-state index contributed by atoms with van der Waals surface area (Å²) < 4.78 is 48.8. The number of halogens is 2. The number of anilines is 1. The maximum Gasteiger partial charge on any atom is 0.251 e. The zero-order chi connectivity index (χ0) is 14.2. The van der Waals surface area contributed by atoms with Gasteiger partial charge in [-0.05, 0) is 18.6 Å². The number of sulfone groups is 1. The van der Waals surface area contributed by atoms with Crippen LogP contribution in [0.5, 0.6) is 0 Å². The summed E-state index contributed by atoms with van der Waals surface area (Å²) in [6, 6.07) is 1.11. The van der Waals surface area contributed by atoms with Gasteiger partial charge in [-0.25, -0.2) is 17.2 Å². The minimum Gasteiger partial charge on any atom is -0.394 e. The molecule has 1 heterocycles. The topological polar surface area (TPSA) is 89.3 Å². The quantitative estimate of drug-likeness (QED) is 0.775. The van der Waals surface area contributed by atoms with Gasteiger partial charge in [-0.3, -0.25) is 4.79 Å². The first-order valence-electron chi connectivity index (χ1n) is 5.54. The number of benzene rings is 1. The largest absolute Gasteiger partial charge is 0.394 e. The molecule has 0 radical (unpaired) electrons. The van der Waals surface area contributed by atoms with Crippen LogP contribution >= 0.6 is 0 Å². The van der Waals surface area contributed by atoms with Gasteiger partial charge >= 0.3 is 0 Å². The van der Waals surface area contributed by atoms with Gasteiger partial charge < -0.3 is 11.1 Å². The molecular formula is C11H12F2N2O3S. The van der Waals surface area contributed by atoms with Crippen molar-refractivity contribution >= 4 is 21.4 Å². The average molecular weight is 290 g/mol. The summed E-state index contributed by atoms with van der Waals surface area (Å²) >= 11 is 0. The van der Waals surface area contributed by atoms with Crippen LogP contribution in [0.4, 0.5) is 14.5 Å². The van der Waals surface area contributed by atoms with Gasteiger partial charge in [0, 0.05) is 11.6 Å². The third-order valence-electron chi connectivity index (χ3n) is 2.91. The lowest BCUT2D eigenvalue weighted by molar-refractivity contribution is 0.0940. The normalized spacial score (nSPS) is 21.3. The molecule has 1 fully saturated rings. The Balaban J connectivity index is 2.13. The highest BCUT2D eigenvalue weighted by Gasteiger charge is 2.29. The third-order valence-corrected chi connectivity index (χ3v) is 4.68. The lowest BCUT2D eigenvalue weighted by Crippen LogP contribution is -2.35. The van der Waals surface area contributed by atoms with Crippen LogP contribution in [0.25, 0.3) is 0 Å². The number of hydrogen-bond donors (Lipinski definition) is 2. The maximum atomic E-state index is 13.2. The molecule has 1 aliphatic heterocycles. The van der Waals surface area contributed by atoms with Crippen molar-refractivity contribution in [3.63, 3.8) is 0 Å². The number of nitrogens with one attached hydrogen (secondary N) is 1. The highest BCUT2D eigenvalue weighted by molar-refractivity contribution is 7.91. The molecule has 0 aromatic heterocycles. The van der Waals surface area contributed by atoms with Crippen molar-refractivity contribution in [2.24, 2.45) is 0 Å². The zero-order valence-electron chi connectivity index (χ0n) is 9.82. The Morgan fingerprint density at radius 1 is 1.32 bits per heavy atom. The molecule has 1 amide bonds. The lowest BCUT2D eigenvalue weighted by atomic mass is 10.1. The second-order valence-electron chi connectivity index (χ2n) is 4.43. The fraction of sp³-hybridized carbons (Fsp3) is 0.364. The Morgan fingerprint density at radius 3 is 2.37 bits per heavy atom. The standard InChI is InChI=1S/C11H12F2N2O3S/c12-8-3-6(4-9(13)10(8)14)11(16)15-7-1-2-19(17,18)5-7/h3-4,7H,1-2,5,14H2,(H,15,16). The van der Waals surface area contributed by atoms with Crippen molar-refractivity contribution in [1.29, 1.82) is 0 Å². The van der Waals surface area contributed by atoms with Crippen molar-refractivity contribution < 1.29 is 22.0 Å². The van der Waals surface area contributed by atoms with Crippen molar-refractivity contribution in [2.75, 3.05) is 17.2 Å². The molecule has 1 saturated heterocycles. The Morgan fingerprint density at radius 2 is 1.89 bits per heavy atom. The van der Waals surface area contributed by atoms with E-state index in [0.717, 1.165) is 12.1 Å². The smallest absolute Gasteiger partial charge is 0.251 e. The van der Waals surface area contributed by atoms with E-state index < -0.39 is 39.1 Å². The molecule has 2 rings (SSSR count). The van der Waals surface area contributed by atoms with Crippen molar-refractivity contribution in [3.8, 4) is 0 Å². The molecule has 0 bridgehead atoms. The summed E-state index contributed by atoms with van der Waals surface area (Å²) in [5, 5.41) is 2.43. The van der Waals surface area contributed by atoms with Crippen LogP contribution in [0, 0.1) is 11.6 Å². The van der Waals surface area contributed by atoms with Gasteiger partial charge in [0.25, 0.3) is 5.91 Å². The first-order valence-corrected chi connectivity index (χ1v) is 7.36. The van der Waals surface area contributed by atoms with Crippen LogP contribution in [0.1, 0.15) is 16.8 Å². The van der Waals surface area contributed by atoms with E-state index in [1.54, 1.807) is 0 Å². The van der Waals surface area contributed by atoms with Crippen molar-refractivity contribution in [3.05, 3.63) is 29.3 Å². The Kier molecular flexibility index (Phi) is 3.44. The van der Waals surface area contributed by atoms with Crippen LogP contribution < -0.4 is 11.1 Å². The van der Waals surface area contributed by atoms with Crippen molar-refractivity contribution in [1.82, 2.24) is 5.32 Å². The molecule has 0 saturated carbocycles. The predicted octanol–water partition coefficient (Wildman–Crippen LogP) is 0.464. The molecule has 1 aromatic rings. The summed E-state index contributed by atoms with van der Waals surface area (Å²) in [5.74, 6) is -2.92. The molecule has 1 aliphatic rings. The van der Waals surface area contributed by atoms with E-state index in [9.17, 15) is 22.0 Å². The molecule has 3 N–H and O–H groups in total. The van der Waals surface area contributed by atoms with E-state index in [2.05, 4.69) is 5.32 Å². The Labute approximate surface area is 108 Å². The molecule has 0 spiro atoms. The minimum absolute atomic E-state index is 0.00239. The summed E-state index contributed by atoms with van der Waals surface area (Å²) in [6.07, 6.45) is 0.300. The van der Waals surface area contributed by atoms with E-state index in [0.29, 0.717) is 6.42 Å².